The zero-order valence-electron chi connectivity index (χ0n) is 14.2. The number of nitrogens with zero attached hydrogens (tertiary/aromatic N) is 2. The quantitative estimate of drug-likeness (QED) is 0.704. The Bertz CT molecular complexity index is 1040. The van der Waals surface area contributed by atoms with Crippen LogP contribution in [0, 0.1) is 0 Å². The van der Waals surface area contributed by atoms with Gasteiger partial charge in [-0.15, -0.1) is 0 Å². The van der Waals surface area contributed by atoms with Gasteiger partial charge in [-0.05, 0) is 17.7 Å². The highest BCUT2D eigenvalue weighted by atomic mass is 16.7. The van der Waals surface area contributed by atoms with Gasteiger partial charge >= 0.3 is 5.69 Å². The van der Waals surface area contributed by atoms with E-state index in [0.717, 1.165) is 10.8 Å². The standard InChI is InChI=1S/C17H16N4O6/c22-14-8-20(4-3-18-14)15(23)11-6-19-17(25)21(16(11)24)7-10-1-2-12-13(5-10)27-9-26-12/h1-2,5-6H,3-4,7-9H2,(H,18,22)(H,19,25). The Morgan fingerprint density at radius 2 is 1.96 bits per heavy atom. The van der Waals surface area contributed by atoms with E-state index in [1.165, 1.54) is 4.90 Å². The Labute approximate surface area is 152 Å². The minimum absolute atomic E-state index is 0.0353. The van der Waals surface area contributed by atoms with E-state index in [9.17, 15) is 19.2 Å². The summed E-state index contributed by atoms with van der Waals surface area (Å²) in [5, 5.41) is 2.61. The van der Waals surface area contributed by atoms with Crippen molar-refractivity contribution in [2.45, 2.75) is 6.54 Å². The molecule has 140 valence electrons. The smallest absolute Gasteiger partial charge is 0.328 e. The minimum Gasteiger partial charge on any atom is -0.454 e. The lowest BCUT2D eigenvalue weighted by atomic mass is 10.2. The van der Waals surface area contributed by atoms with Gasteiger partial charge in [-0.1, -0.05) is 6.07 Å². The zero-order chi connectivity index (χ0) is 19.0. The molecule has 0 atom stereocenters. The van der Waals surface area contributed by atoms with Gasteiger partial charge in [-0.3, -0.25) is 19.0 Å². The van der Waals surface area contributed by atoms with Gasteiger partial charge in [-0.2, -0.15) is 0 Å². The topological polar surface area (TPSA) is 123 Å². The molecule has 0 unspecified atom stereocenters. The Balaban J connectivity index is 1.65. The average Bonchev–Trinajstić information content (AvgIpc) is 3.12. The number of ether oxygens (including phenoxy) is 2. The number of H-pyrrole nitrogens is 1. The molecule has 1 saturated heterocycles. The summed E-state index contributed by atoms with van der Waals surface area (Å²) in [5.41, 5.74) is -0.892. The monoisotopic (exact) mass is 372 g/mol. The Morgan fingerprint density at radius 3 is 2.78 bits per heavy atom. The maximum atomic E-state index is 12.7. The van der Waals surface area contributed by atoms with Crippen LogP contribution in [-0.4, -0.2) is 52.7 Å². The molecule has 2 aliphatic rings. The first-order valence-electron chi connectivity index (χ1n) is 8.30. The summed E-state index contributed by atoms with van der Waals surface area (Å²) in [4.78, 5) is 52.7. The van der Waals surface area contributed by atoms with Gasteiger partial charge in [0.25, 0.3) is 11.5 Å². The summed E-state index contributed by atoms with van der Waals surface area (Å²) in [6.45, 7) is 0.573. The third-order valence-corrected chi connectivity index (χ3v) is 4.39. The van der Waals surface area contributed by atoms with E-state index in [1.54, 1.807) is 18.2 Å². The van der Waals surface area contributed by atoms with E-state index in [2.05, 4.69) is 10.3 Å². The third-order valence-electron chi connectivity index (χ3n) is 4.39. The molecule has 2 aromatic rings. The fourth-order valence-corrected chi connectivity index (χ4v) is 3.01. The number of nitrogens with one attached hydrogen (secondary N) is 2. The lowest BCUT2D eigenvalue weighted by Gasteiger charge is -2.26. The highest BCUT2D eigenvalue weighted by Gasteiger charge is 2.25. The first-order valence-corrected chi connectivity index (χ1v) is 8.30. The van der Waals surface area contributed by atoms with Crippen molar-refractivity contribution in [1.82, 2.24) is 19.8 Å². The second-order valence-corrected chi connectivity index (χ2v) is 6.16. The fourth-order valence-electron chi connectivity index (χ4n) is 3.01. The van der Waals surface area contributed by atoms with Crippen LogP contribution in [-0.2, 0) is 11.3 Å². The molecule has 2 N–H and O–H groups in total. The number of hydrogen-bond donors (Lipinski definition) is 2. The van der Waals surface area contributed by atoms with Gasteiger partial charge in [0, 0.05) is 19.3 Å². The summed E-state index contributed by atoms with van der Waals surface area (Å²) >= 11 is 0. The molecule has 10 heteroatoms. The maximum Gasteiger partial charge on any atom is 0.328 e. The molecule has 1 aromatic heterocycles. The normalized spacial score (nSPS) is 15.6. The number of amides is 2. The van der Waals surface area contributed by atoms with Crippen molar-refractivity contribution >= 4 is 11.8 Å². The first-order chi connectivity index (χ1) is 13.0. The van der Waals surface area contributed by atoms with E-state index < -0.39 is 17.2 Å². The van der Waals surface area contributed by atoms with E-state index in [-0.39, 0.29) is 31.4 Å². The molecule has 0 radical (unpaired) electrons. The van der Waals surface area contributed by atoms with Crippen LogP contribution in [0.2, 0.25) is 0 Å². The average molecular weight is 372 g/mol. The van der Waals surface area contributed by atoms with Gasteiger partial charge in [-0.25, -0.2) is 4.79 Å². The number of aromatic nitrogens is 2. The van der Waals surface area contributed by atoms with Crippen LogP contribution in [0.5, 0.6) is 11.5 Å². The molecule has 27 heavy (non-hydrogen) atoms. The Morgan fingerprint density at radius 1 is 1.15 bits per heavy atom. The maximum absolute atomic E-state index is 12.7. The molecule has 0 aliphatic carbocycles. The Kier molecular flexibility index (Phi) is 4.15. The molecule has 0 spiro atoms. The van der Waals surface area contributed by atoms with Crippen molar-refractivity contribution in [2.24, 2.45) is 0 Å². The van der Waals surface area contributed by atoms with E-state index in [4.69, 9.17) is 9.47 Å². The van der Waals surface area contributed by atoms with Crippen LogP contribution in [0.4, 0.5) is 0 Å². The van der Waals surface area contributed by atoms with Crippen molar-refractivity contribution < 1.29 is 19.1 Å². The molecular formula is C17H16N4O6. The predicted octanol–water partition coefficient (Wildman–Crippen LogP) is -1.11. The zero-order valence-corrected chi connectivity index (χ0v) is 14.2. The molecule has 1 aromatic carbocycles. The van der Waals surface area contributed by atoms with Gasteiger partial charge in [0.1, 0.15) is 5.56 Å². The number of aromatic amines is 1. The van der Waals surface area contributed by atoms with E-state index >= 15 is 0 Å². The summed E-state index contributed by atoms with van der Waals surface area (Å²) in [6, 6.07) is 5.08. The fraction of sp³-hybridized carbons (Fsp3) is 0.294. The van der Waals surface area contributed by atoms with Crippen LogP contribution < -0.4 is 26.0 Å². The molecule has 0 saturated carbocycles. The number of piperazine rings is 1. The summed E-state index contributed by atoms with van der Waals surface area (Å²) < 4.78 is 11.5. The van der Waals surface area contributed by atoms with Crippen molar-refractivity contribution in [1.29, 1.82) is 0 Å². The molecule has 10 nitrogen and oxygen atoms in total. The lowest BCUT2D eigenvalue weighted by molar-refractivity contribution is -0.123. The highest BCUT2D eigenvalue weighted by molar-refractivity contribution is 5.96. The lowest BCUT2D eigenvalue weighted by Crippen LogP contribution is -2.51. The third kappa shape index (κ3) is 3.16. The molecule has 2 amide bonds. The van der Waals surface area contributed by atoms with Crippen LogP contribution >= 0.6 is 0 Å². The summed E-state index contributed by atoms with van der Waals surface area (Å²) in [6.07, 6.45) is 1.09. The molecule has 0 bridgehead atoms. The summed E-state index contributed by atoms with van der Waals surface area (Å²) in [5.74, 6) is 0.237. The molecule has 2 aliphatic heterocycles. The number of rotatable bonds is 3. The number of hydrogen-bond acceptors (Lipinski definition) is 6. The van der Waals surface area contributed by atoms with E-state index in [1.807, 2.05) is 0 Å². The number of fused-ring (bicyclic) bond motifs is 1. The number of carbonyl (C=O) groups is 2. The van der Waals surface area contributed by atoms with Gasteiger partial charge < -0.3 is 24.7 Å². The van der Waals surface area contributed by atoms with Crippen LogP contribution in [0.1, 0.15) is 15.9 Å². The molecule has 4 rings (SSSR count). The van der Waals surface area contributed by atoms with Crippen molar-refractivity contribution in [3.05, 3.63) is 56.4 Å². The summed E-state index contributed by atoms with van der Waals surface area (Å²) in [7, 11) is 0. The van der Waals surface area contributed by atoms with Gasteiger partial charge in [0.2, 0.25) is 12.7 Å². The SMILES string of the molecule is O=C1CN(C(=O)c2c[nH]c(=O)n(Cc3ccc4c(c3)OCO4)c2=O)CCN1. The second-order valence-electron chi connectivity index (χ2n) is 6.16. The first kappa shape index (κ1) is 16.9. The number of carbonyl (C=O) groups excluding carboxylic acids is 2. The second kappa shape index (κ2) is 6.63. The van der Waals surface area contributed by atoms with Gasteiger partial charge in [0.05, 0.1) is 13.1 Å². The molecular weight excluding hydrogens is 356 g/mol. The minimum atomic E-state index is -0.715. The van der Waals surface area contributed by atoms with E-state index in [0.29, 0.717) is 30.2 Å². The predicted molar refractivity (Wildman–Crippen MR) is 91.9 cm³/mol. The highest BCUT2D eigenvalue weighted by Crippen LogP contribution is 2.32. The van der Waals surface area contributed by atoms with Crippen molar-refractivity contribution in [3.8, 4) is 11.5 Å². The van der Waals surface area contributed by atoms with Crippen LogP contribution in [0.25, 0.3) is 0 Å². The van der Waals surface area contributed by atoms with Crippen molar-refractivity contribution in [2.75, 3.05) is 26.4 Å². The number of benzene rings is 1. The Hall–Kier alpha value is -3.56. The molecule has 1 fully saturated rings. The van der Waals surface area contributed by atoms with Crippen molar-refractivity contribution in [3.63, 3.8) is 0 Å². The molecule has 3 heterocycles. The van der Waals surface area contributed by atoms with Crippen LogP contribution in [0.15, 0.2) is 34.0 Å². The largest absolute Gasteiger partial charge is 0.454 e. The van der Waals surface area contributed by atoms with Gasteiger partial charge in [0.15, 0.2) is 11.5 Å². The van der Waals surface area contributed by atoms with Crippen LogP contribution in [0.3, 0.4) is 0 Å².